The minimum atomic E-state index is -1.97. The number of aliphatic hydroxyl groups is 12. The van der Waals surface area contributed by atoms with E-state index in [0.717, 1.165) is 51.5 Å². The molecule has 22 heteroatoms. The summed E-state index contributed by atoms with van der Waals surface area (Å²) in [4.78, 5) is 0. The van der Waals surface area contributed by atoms with E-state index in [-0.39, 0.29) is 22.7 Å². The Morgan fingerprint density at radius 1 is 0.542 bits per heavy atom. The maximum absolute atomic E-state index is 11.6. The highest BCUT2D eigenvalue weighted by Crippen LogP contribution is 2.71. The molecule has 6 aliphatic heterocycles. The van der Waals surface area contributed by atoms with E-state index < -0.39 is 143 Å². The molecule has 13 N–H and O–H groups in total. The highest BCUT2D eigenvalue weighted by Gasteiger charge is 2.69. The van der Waals surface area contributed by atoms with Crippen LogP contribution in [-0.4, -0.2) is 229 Å². The standard InChI is InChI=1S/C50H83NO21/c1-20-7-12-50(51-15-20)21(2)32-28(72-50)14-26-24-6-5-22-13-23(8-10-48(22,3)25(24)9-11-49(26,32)4)65-44-39(62)37(60)41(31(18-54)68-44)69-46-40(63)42(35(58)30(17-53)67-46)70-47-43(33(56)27(55)19-64-47)71-45-38(61)36(59)34(57)29(16-52)66-45/h20-47,51-63H,5-19H2,1-4H3. The molecule has 0 amide bonds. The van der Waals surface area contributed by atoms with Crippen LogP contribution < -0.4 is 5.32 Å². The monoisotopic (exact) mass is 1030 g/mol. The third-order valence-corrected chi connectivity index (χ3v) is 20.2. The largest absolute Gasteiger partial charge is 0.394 e. The molecule has 72 heavy (non-hydrogen) atoms. The molecule has 0 aromatic carbocycles. The van der Waals surface area contributed by atoms with Gasteiger partial charge in [-0.05, 0) is 111 Å². The molecule has 10 aliphatic rings. The highest BCUT2D eigenvalue weighted by molar-refractivity contribution is 5.16. The van der Waals surface area contributed by atoms with E-state index >= 15 is 0 Å². The highest BCUT2D eigenvalue weighted by atomic mass is 16.8. The van der Waals surface area contributed by atoms with Crippen LogP contribution in [0.15, 0.2) is 0 Å². The van der Waals surface area contributed by atoms with Gasteiger partial charge in [0.2, 0.25) is 0 Å². The van der Waals surface area contributed by atoms with Crippen LogP contribution in [0.2, 0.25) is 0 Å². The van der Waals surface area contributed by atoms with E-state index in [1.807, 2.05) is 0 Å². The fourth-order valence-electron chi connectivity index (χ4n) is 16.1. The molecule has 10 fully saturated rings. The van der Waals surface area contributed by atoms with Crippen molar-refractivity contribution < 1.29 is 104 Å². The number of rotatable bonds is 11. The second kappa shape index (κ2) is 21.1. The molecule has 0 aromatic rings. The predicted octanol–water partition coefficient (Wildman–Crippen LogP) is -2.70. The van der Waals surface area contributed by atoms with Crippen molar-refractivity contribution in [2.24, 2.45) is 52.3 Å². The second-order valence-corrected chi connectivity index (χ2v) is 24.0. The molecular weight excluding hydrogens is 951 g/mol. The number of fused-ring (bicyclic) bond motifs is 7. The molecule has 4 saturated carbocycles. The normalized spacial score (nSPS) is 57.8. The second-order valence-electron chi connectivity index (χ2n) is 24.0. The minimum Gasteiger partial charge on any atom is -0.394 e. The van der Waals surface area contributed by atoms with E-state index in [0.29, 0.717) is 47.5 Å². The average Bonchev–Trinajstić information content (AvgIpc) is 3.82. The molecule has 414 valence electrons. The van der Waals surface area contributed by atoms with E-state index in [1.54, 1.807) is 0 Å². The fourth-order valence-corrected chi connectivity index (χ4v) is 16.1. The summed E-state index contributed by atoms with van der Waals surface area (Å²) >= 11 is 0. The van der Waals surface area contributed by atoms with Gasteiger partial charge in [-0.25, -0.2) is 0 Å². The first-order chi connectivity index (χ1) is 34.3. The van der Waals surface area contributed by atoms with Crippen molar-refractivity contribution >= 4 is 0 Å². The van der Waals surface area contributed by atoms with Gasteiger partial charge in [0, 0.05) is 12.5 Å². The van der Waals surface area contributed by atoms with Gasteiger partial charge in [-0.2, -0.15) is 0 Å². The number of piperidine rings is 1. The summed E-state index contributed by atoms with van der Waals surface area (Å²) in [5.74, 6) is 3.96. The van der Waals surface area contributed by atoms with Gasteiger partial charge in [-0.3, -0.25) is 5.32 Å². The molecule has 0 aromatic heterocycles. The summed E-state index contributed by atoms with van der Waals surface area (Å²) in [6.45, 7) is 7.95. The van der Waals surface area contributed by atoms with Crippen LogP contribution in [0.25, 0.3) is 0 Å². The summed E-state index contributed by atoms with van der Waals surface area (Å²) < 4.78 is 54.1. The van der Waals surface area contributed by atoms with Crippen molar-refractivity contribution in [1.29, 1.82) is 0 Å². The Morgan fingerprint density at radius 3 is 1.86 bits per heavy atom. The Morgan fingerprint density at radius 2 is 1.17 bits per heavy atom. The third kappa shape index (κ3) is 9.26. The van der Waals surface area contributed by atoms with Gasteiger partial charge in [0.1, 0.15) is 97.3 Å². The Bertz CT molecular complexity index is 1830. The van der Waals surface area contributed by atoms with Crippen LogP contribution >= 0.6 is 0 Å². The minimum absolute atomic E-state index is 0.125. The molecule has 6 saturated heterocycles. The summed E-state index contributed by atoms with van der Waals surface area (Å²) in [7, 11) is 0. The van der Waals surface area contributed by atoms with E-state index in [2.05, 4.69) is 33.0 Å². The molecule has 1 spiro atoms. The van der Waals surface area contributed by atoms with Crippen molar-refractivity contribution in [1.82, 2.24) is 5.32 Å². The SMILES string of the molecule is CC1CCC2(NC1)OC1CC3C4CCC5CC(OC6OC(CO)C(OC7OC(CO)C(O)C(OC8OCC(O)C(O)C8OC8OC(CO)C(O)C(O)C8O)C7O)C(O)C6O)CCC5(C)C4CCC3(C)C1C2C. The van der Waals surface area contributed by atoms with Crippen LogP contribution in [0.5, 0.6) is 0 Å². The number of nitrogens with one attached hydrogen (secondary N) is 1. The topological polar surface area (TPSA) is 338 Å². The average molecular weight is 1030 g/mol. The van der Waals surface area contributed by atoms with Crippen LogP contribution in [-0.2, 0) is 42.6 Å². The van der Waals surface area contributed by atoms with Crippen molar-refractivity contribution in [3.8, 4) is 0 Å². The quantitative estimate of drug-likeness (QED) is 0.0937. The van der Waals surface area contributed by atoms with Gasteiger partial charge in [0.05, 0.1) is 38.6 Å². The van der Waals surface area contributed by atoms with E-state index in [9.17, 15) is 61.3 Å². The number of hydrogen-bond donors (Lipinski definition) is 13. The molecule has 22 nitrogen and oxygen atoms in total. The number of aliphatic hydroxyl groups excluding tert-OH is 12. The lowest BCUT2D eigenvalue weighted by Gasteiger charge is -2.61. The lowest BCUT2D eigenvalue weighted by atomic mass is 9.44. The van der Waals surface area contributed by atoms with Crippen LogP contribution in [0.4, 0.5) is 0 Å². The lowest BCUT2D eigenvalue weighted by molar-refractivity contribution is -0.390. The fraction of sp³-hybridized carbons (Fsp3) is 1.00. The van der Waals surface area contributed by atoms with Crippen molar-refractivity contribution in [3.63, 3.8) is 0 Å². The first-order valence-electron chi connectivity index (χ1n) is 26.8. The van der Waals surface area contributed by atoms with Crippen molar-refractivity contribution in [2.45, 2.75) is 227 Å². The van der Waals surface area contributed by atoms with Gasteiger partial charge in [0.25, 0.3) is 0 Å². The maximum atomic E-state index is 11.6. The first-order valence-corrected chi connectivity index (χ1v) is 26.8. The third-order valence-electron chi connectivity index (χ3n) is 20.2. The molecule has 10 rings (SSSR count). The summed E-state index contributed by atoms with van der Waals surface area (Å²) in [6, 6.07) is 0. The van der Waals surface area contributed by atoms with Crippen LogP contribution in [0, 0.1) is 52.3 Å². The molecule has 0 radical (unpaired) electrons. The zero-order valence-corrected chi connectivity index (χ0v) is 41.8. The molecule has 31 atom stereocenters. The Kier molecular flexibility index (Phi) is 15.9. The first kappa shape index (κ1) is 54.5. The molecule has 0 bridgehead atoms. The molecule has 31 unspecified atom stereocenters. The van der Waals surface area contributed by atoms with Gasteiger partial charge in [0.15, 0.2) is 25.2 Å². The molecular formula is C50H83NO21. The number of hydrogen-bond acceptors (Lipinski definition) is 22. The zero-order chi connectivity index (χ0) is 51.3. The predicted molar refractivity (Wildman–Crippen MR) is 244 cm³/mol. The summed E-state index contributed by atoms with van der Waals surface area (Å²) in [5, 5.41) is 133. The molecule has 4 aliphatic carbocycles. The summed E-state index contributed by atoms with van der Waals surface area (Å²) in [5.41, 5.74) is 0.188. The zero-order valence-electron chi connectivity index (χ0n) is 41.8. The number of ether oxygens (including phenoxy) is 9. The van der Waals surface area contributed by atoms with E-state index in [4.69, 9.17) is 42.6 Å². The van der Waals surface area contributed by atoms with Gasteiger partial charge < -0.3 is 104 Å². The molecule has 6 heterocycles. The van der Waals surface area contributed by atoms with Gasteiger partial charge >= 0.3 is 0 Å². The van der Waals surface area contributed by atoms with E-state index in [1.165, 1.54) is 19.3 Å². The Balaban J connectivity index is 0.762. The maximum Gasteiger partial charge on any atom is 0.187 e. The van der Waals surface area contributed by atoms with Gasteiger partial charge in [-0.1, -0.05) is 27.7 Å². The lowest BCUT2D eigenvalue weighted by Crippen LogP contribution is -2.67. The Labute approximate surface area is 420 Å². The Hall–Kier alpha value is -0.880. The van der Waals surface area contributed by atoms with Crippen LogP contribution in [0.3, 0.4) is 0 Å². The van der Waals surface area contributed by atoms with Gasteiger partial charge in [-0.15, -0.1) is 0 Å². The van der Waals surface area contributed by atoms with Crippen molar-refractivity contribution in [3.05, 3.63) is 0 Å². The van der Waals surface area contributed by atoms with Crippen LogP contribution in [0.1, 0.15) is 91.9 Å². The van der Waals surface area contributed by atoms with Crippen molar-refractivity contribution in [2.75, 3.05) is 33.0 Å². The smallest absolute Gasteiger partial charge is 0.187 e. The summed E-state index contributed by atoms with van der Waals surface area (Å²) in [6.07, 6.45) is -21.6.